The lowest BCUT2D eigenvalue weighted by Gasteiger charge is -2.27. The fourth-order valence-electron chi connectivity index (χ4n) is 1.57. The second-order valence-electron chi connectivity index (χ2n) is 4.64. The Morgan fingerprint density at radius 3 is 2.38 bits per heavy atom. The Morgan fingerprint density at radius 2 is 1.94 bits per heavy atom. The Labute approximate surface area is 99.6 Å². The van der Waals surface area contributed by atoms with Crippen molar-refractivity contribution in [3.8, 4) is 0 Å². The third-order valence-electron chi connectivity index (χ3n) is 2.54. The zero-order chi connectivity index (χ0) is 12.6. The minimum atomic E-state index is -0.0813. The van der Waals surface area contributed by atoms with E-state index in [4.69, 9.17) is 5.73 Å². The summed E-state index contributed by atoms with van der Waals surface area (Å²) in [6, 6.07) is -0.0813. The van der Waals surface area contributed by atoms with E-state index < -0.39 is 0 Å². The summed E-state index contributed by atoms with van der Waals surface area (Å²) in [4.78, 5) is 14.0. The van der Waals surface area contributed by atoms with Crippen LogP contribution in [0, 0.1) is 5.92 Å². The van der Waals surface area contributed by atoms with Gasteiger partial charge in [-0.25, -0.2) is 0 Å². The maximum absolute atomic E-state index is 11.8. The van der Waals surface area contributed by atoms with Gasteiger partial charge < -0.3 is 11.1 Å². The molecule has 0 bridgehead atoms. The number of nitrogens with zero attached hydrogens (tertiary/aromatic N) is 1. The van der Waals surface area contributed by atoms with E-state index in [-0.39, 0.29) is 11.9 Å². The van der Waals surface area contributed by atoms with Crippen molar-refractivity contribution in [3.63, 3.8) is 0 Å². The number of nitrogens with one attached hydrogen (secondary N) is 1. The minimum absolute atomic E-state index is 0.0813. The Bertz CT molecular complexity index is 189. The van der Waals surface area contributed by atoms with Gasteiger partial charge in [-0.2, -0.15) is 0 Å². The van der Waals surface area contributed by atoms with Crippen molar-refractivity contribution in [1.82, 2.24) is 10.2 Å². The van der Waals surface area contributed by atoms with Gasteiger partial charge in [0.05, 0.1) is 6.04 Å². The molecule has 0 heterocycles. The molecule has 0 aromatic heterocycles. The van der Waals surface area contributed by atoms with E-state index >= 15 is 0 Å². The van der Waals surface area contributed by atoms with Gasteiger partial charge in [-0.3, -0.25) is 9.69 Å². The molecule has 1 atom stereocenters. The van der Waals surface area contributed by atoms with Gasteiger partial charge in [-0.15, -0.1) is 0 Å². The van der Waals surface area contributed by atoms with Crippen molar-refractivity contribution < 1.29 is 4.79 Å². The number of nitrogens with two attached hydrogens (primary N) is 1. The molecule has 0 aliphatic heterocycles. The van der Waals surface area contributed by atoms with Crippen LogP contribution in [-0.4, -0.2) is 43.0 Å². The van der Waals surface area contributed by atoms with E-state index in [2.05, 4.69) is 31.0 Å². The summed E-state index contributed by atoms with van der Waals surface area (Å²) in [5.74, 6) is 0.598. The van der Waals surface area contributed by atoms with Gasteiger partial charge in [0.2, 0.25) is 5.91 Å². The maximum atomic E-state index is 11.8. The first-order chi connectivity index (χ1) is 7.52. The van der Waals surface area contributed by atoms with Crippen LogP contribution in [0.4, 0.5) is 0 Å². The van der Waals surface area contributed by atoms with Crippen LogP contribution in [0.3, 0.4) is 0 Å². The molecular weight excluding hydrogens is 202 g/mol. The zero-order valence-corrected chi connectivity index (χ0v) is 11.1. The average Bonchev–Trinajstić information content (AvgIpc) is 2.24. The third kappa shape index (κ3) is 6.08. The fourth-order valence-corrected chi connectivity index (χ4v) is 1.57. The first kappa shape index (κ1) is 15.4. The highest BCUT2D eigenvalue weighted by molar-refractivity contribution is 5.81. The van der Waals surface area contributed by atoms with Crippen LogP contribution in [0.25, 0.3) is 0 Å². The highest BCUT2D eigenvalue weighted by Gasteiger charge is 2.19. The zero-order valence-electron chi connectivity index (χ0n) is 11.1. The lowest BCUT2D eigenvalue weighted by molar-refractivity contribution is -0.126. The number of carbonyl (C=O) groups excluding carboxylic acids is 1. The highest BCUT2D eigenvalue weighted by Crippen LogP contribution is 2.00. The van der Waals surface area contributed by atoms with Crippen LogP contribution in [0.15, 0.2) is 0 Å². The van der Waals surface area contributed by atoms with Gasteiger partial charge in [-0.1, -0.05) is 20.8 Å². The van der Waals surface area contributed by atoms with E-state index in [0.717, 1.165) is 26.1 Å². The molecule has 0 rings (SSSR count). The molecular formula is C12H27N3O. The van der Waals surface area contributed by atoms with E-state index in [1.807, 2.05) is 6.92 Å². The molecule has 0 radical (unpaired) electrons. The molecule has 4 nitrogen and oxygen atoms in total. The molecule has 1 unspecified atom stereocenters. The van der Waals surface area contributed by atoms with Crippen LogP contribution >= 0.6 is 0 Å². The number of hydrogen-bond donors (Lipinski definition) is 2. The van der Waals surface area contributed by atoms with Crippen molar-refractivity contribution in [3.05, 3.63) is 0 Å². The second kappa shape index (κ2) is 8.53. The van der Waals surface area contributed by atoms with E-state index in [1.54, 1.807) is 0 Å². The molecule has 96 valence electrons. The van der Waals surface area contributed by atoms with Gasteiger partial charge in [-0.05, 0) is 25.8 Å². The van der Waals surface area contributed by atoms with Crippen molar-refractivity contribution in [1.29, 1.82) is 0 Å². The number of amides is 1. The Kier molecular flexibility index (Phi) is 8.21. The molecule has 0 aromatic carbocycles. The lowest BCUT2D eigenvalue weighted by atomic mass is 10.2. The molecule has 0 fully saturated rings. The van der Waals surface area contributed by atoms with Crippen molar-refractivity contribution in [2.75, 3.05) is 26.2 Å². The van der Waals surface area contributed by atoms with Gasteiger partial charge >= 0.3 is 0 Å². The van der Waals surface area contributed by atoms with Gasteiger partial charge in [0.25, 0.3) is 0 Å². The molecule has 0 aliphatic rings. The molecule has 0 aromatic rings. The molecule has 16 heavy (non-hydrogen) atoms. The Hall–Kier alpha value is -0.610. The van der Waals surface area contributed by atoms with Gasteiger partial charge in [0, 0.05) is 19.6 Å². The normalized spacial score (nSPS) is 13.2. The summed E-state index contributed by atoms with van der Waals surface area (Å²) in [6.45, 7) is 11.3. The first-order valence-corrected chi connectivity index (χ1v) is 6.24. The van der Waals surface area contributed by atoms with Crippen LogP contribution in [0.5, 0.6) is 0 Å². The van der Waals surface area contributed by atoms with E-state index in [9.17, 15) is 4.79 Å². The standard InChI is InChI=1S/C12H27N3O/c1-5-7-15(8-6-13)11(4)12(16)14-9-10(2)3/h10-11H,5-9,13H2,1-4H3,(H,14,16). The van der Waals surface area contributed by atoms with Crippen LogP contribution < -0.4 is 11.1 Å². The van der Waals surface area contributed by atoms with Crippen LogP contribution in [0.1, 0.15) is 34.1 Å². The molecule has 0 spiro atoms. The van der Waals surface area contributed by atoms with Crippen molar-refractivity contribution in [2.45, 2.75) is 40.2 Å². The predicted molar refractivity (Wildman–Crippen MR) is 68.2 cm³/mol. The Balaban J connectivity index is 4.13. The van der Waals surface area contributed by atoms with Crippen molar-refractivity contribution >= 4 is 5.91 Å². The summed E-state index contributed by atoms with van der Waals surface area (Å²) in [6.07, 6.45) is 1.04. The fraction of sp³-hybridized carbons (Fsp3) is 0.917. The second-order valence-corrected chi connectivity index (χ2v) is 4.64. The first-order valence-electron chi connectivity index (χ1n) is 6.24. The summed E-state index contributed by atoms with van der Waals surface area (Å²) in [5, 5.41) is 2.96. The molecule has 0 saturated carbocycles. The van der Waals surface area contributed by atoms with Gasteiger partial charge in [0.1, 0.15) is 0 Å². The summed E-state index contributed by atoms with van der Waals surface area (Å²) in [7, 11) is 0. The smallest absolute Gasteiger partial charge is 0.237 e. The topological polar surface area (TPSA) is 58.4 Å². The lowest BCUT2D eigenvalue weighted by Crippen LogP contribution is -2.47. The number of carbonyl (C=O) groups is 1. The highest BCUT2D eigenvalue weighted by atomic mass is 16.2. The summed E-state index contributed by atoms with van der Waals surface area (Å²) < 4.78 is 0. The largest absolute Gasteiger partial charge is 0.354 e. The molecule has 1 amide bonds. The number of hydrogen-bond acceptors (Lipinski definition) is 3. The molecule has 0 saturated heterocycles. The van der Waals surface area contributed by atoms with Crippen molar-refractivity contribution in [2.24, 2.45) is 11.7 Å². The molecule has 3 N–H and O–H groups in total. The SMILES string of the molecule is CCCN(CCN)C(C)C(=O)NCC(C)C. The van der Waals surface area contributed by atoms with Crippen LogP contribution in [0.2, 0.25) is 0 Å². The third-order valence-corrected chi connectivity index (χ3v) is 2.54. The van der Waals surface area contributed by atoms with E-state index in [1.165, 1.54) is 0 Å². The number of rotatable bonds is 8. The monoisotopic (exact) mass is 229 g/mol. The quantitative estimate of drug-likeness (QED) is 0.648. The molecule has 4 heteroatoms. The summed E-state index contributed by atoms with van der Waals surface area (Å²) in [5.41, 5.74) is 5.55. The maximum Gasteiger partial charge on any atom is 0.237 e. The van der Waals surface area contributed by atoms with Crippen LogP contribution in [-0.2, 0) is 4.79 Å². The minimum Gasteiger partial charge on any atom is -0.354 e. The average molecular weight is 229 g/mol. The van der Waals surface area contributed by atoms with Gasteiger partial charge in [0.15, 0.2) is 0 Å². The molecule has 0 aliphatic carbocycles. The van der Waals surface area contributed by atoms with E-state index in [0.29, 0.717) is 12.5 Å². The summed E-state index contributed by atoms with van der Waals surface area (Å²) >= 11 is 0. The predicted octanol–water partition coefficient (Wildman–Crippen LogP) is 0.818. The Morgan fingerprint density at radius 1 is 1.31 bits per heavy atom.